The minimum atomic E-state index is -3.39. The first-order chi connectivity index (χ1) is 8.36. The molecule has 0 radical (unpaired) electrons. The van der Waals surface area contributed by atoms with Gasteiger partial charge in [0.2, 0.25) is 10.0 Å². The van der Waals surface area contributed by atoms with Crippen LogP contribution < -0.4 is 10.5 Å². The van der Waals surface area contributed by atoms with Gasteiger partial charge < -0.3 is 5.73 Å². The highest BCUT2D eigenvalue weighted by atomic mass is 32.2. The molecule has 1 aromatic rings. The van der Waals surface area contributed by atoms with Crippen LogP contribution >= 0.6 is 0 Å². The molecule has 5 heteroatoms. The first-order valence-electron chi connectivity index (χ1n) is 6.16. The Kier molecular flexibility index (Phi) is 3.49. The predicted molar refractivity (Wildman–Crippen MR) is 71.6 cm³/mol. The molecule has 1 saturated carbocycles. The monoisotopic (exact) mass is 268 g/mol. The number of rotatable bonds is 5. The molecule has 100 valence electrons. The van der Waals surface area contributed by atoms with Crippen LogP contribution in [0.25, 0.3) is 0 Å². The van der Waals surface area contributed by atoms with E-state index in [1.165, 1.54) is 0 Å². The lowest BCUT2D eigenvalue weighted by Crippen LogP contribution is -2.29. The van der Waals surface area contributed by atoms with E-state index in [9.17, 15) is 8.42 Å². The fraction of sp³-hybridized carbons (Fsp3) is 0.538. The smallest absolute Gasteiger partial charge is 0.240 e. The zero-order valence-electron chi connectivity index (χ0n) is 10.9. The van der Waals surface area contributed by atoms with E-state index >= 15 is 0 Å². The Bertz CT molecular complexity index is 548. The number of aryl methyl sites for hydroxylation is 1. The van der Waals surface area contributed by atoms with Crippen LogP contribution in [0.3, 0.4) is 0 Å². The van der Waals surface area contributed by atoms with Gasteiger partial charge in [0, 0.05) is 13.1 Å². The lowest BCUT2D eigenvalue weighted by atomic mass is 10.1. The molecule has 0 amide bonds. The Morgan fingerprint density at radius 1 is 1.39 bits per heavy atom. The molecule has 1 fully saturated rings. The predicted octanol–water partition coefficient (Wildman–Crippen LogP) is 1.53. The minimum Gasteiger partial charge on any atom is -0.326 e. The van der Waals surface area contributed by atoms with E-state index in [1.54, 1.807) is 18.2 Å². The maximum atomic E-state index is 12.1. The lowest BCUT2D eigenvalue weighted by molar-refractivity contribution is 0.530. The highest BCUT2D eigenvalue weighted by Crippen LogP contribution is 2.44. The number of hydrogen-bond donors (Lipinski definition) is 2. The standard InChI is InChI=1S/C13H20N2O2S/c1-10-7-12(4-3-11(10)8-14)18(16,17)15-9-13(2)5-6-13/h3-4,7,15H,5-6,8-9,14H2,1-2H3. The average Bonchev–Trinajstić information content (AvgIpc) is 3.06. The van der Waals surface area contributed by atoms with Crippen molar-refractivity contribution in [1.82, 2.24) is 4.72 Å². The van der Waals surface area contributed by atoms with Crippen molar-refractivity contribution < 1.29 is 8.42 Å². The van der Waals surface area contributed by atoms with E-state index in [0.29, 0.717) is 18.0 Å². The summed E-state index contributed by atoms with van der Waals surface area (Å²) < 4.78 is 26.9. The molecule has 0 atom stereocenters. The van der Waals surface area contributed by atoms with Crippen LogP contribution in [0.1, 0.15) is 30.9 Å². The van der Waals surface area contributed by atoms with Crippen molar-refractivity contribution in [2.45, 2.75) is 38.1 Å². The Hall–Kier alpha value is -0.910. The Labute approximate surface area is 109 Å². The van der Waals surface area contributed by atoms with Crippen molar-refractivity contribution in [1.29, 1.82) is 0 Å². The number of hydrogen-bond acceptors (Lipinski definition) is 3. The van der Waals surface area contributed by atoms with Crippen LogP contribution in [0, 0.1) is 12.3 Å². The first kappa shape index (κ1) is 13.5. The Morgan fingerprint density at radius 3 is 2.56 bits per heavy atom. The summed E-state index contributed by atoms with van der Waals surface area (Å²) in [6.45, 7) is 4.92. The van der Waals surface area contributed by atoms with E-state index in [1.807, 2.05) is 6.92 Å². The van der Waals surface area contributed by atoms with Gasteiger partial charge in [-0.25, -0.2) is 13.1 Å². The molecule has 1 aliphatic carbocycles. The summed E-state index contributed by atoms with van der Waals surface area (Å²) in [6, 6.07) is 5.08. The third kappa shape index (κ3) is 2.91. The highest BCUT2D eigenvalue weighted by Gasteiger charge is 2.38. The first-order valence-corrected chi connectivity index (χ1v) is 7.64. The topological polar surface area (TPSA) is 72.2 Å². The van der Waals surface area contributed by atoms with Gasteiger partial charge in [0.1, 0.15) is 0 Å². The van der Waals surface area contributed by atoms with E-state index in [-0.39, 0.29) is 5.41 Å². The molecule has 1 aliphatic rings. The summed E-state index contributed by atoms with van der Waals surface area (Å²) in [5, 5.41) is 0. The molecule has 0 spiro atoms. The molecule has 0 aromatic heterocycles. The maximum Gasteiger partial charge on any atom is 0.240 e. The molecule has 0 saturated heterocycles. The Balaban J connectivity index is 2.16. The average molecular weight is 268 g/mol. The van der Waals surface area contributed by atoms with Gasteiger partial charge in [-0.05, 0) is 48.4 Å². The van der Waals surface area contributed by atoms with Gasteiger partial charge in [0.25, 0.3) is 0 Å². The summed E-state index contributed by atoms with van der Waals surface area (Å²) in [5.74, 6) is 0. The second-order valence-corrected chi connectivity index (χ2v) is 7.19. The van der Waals surface area contributed by atoms with E-state index in [2.05, 4.69) is 11.6 Å². The van der Waals surface area contributed by atoms with Crippen LogP contribution in [-0.2, 0) is 16.6 Å². The third-order valence-electron chi connectivity index (χ3n) is 3.64. The summed E-state index contributed by atoms with van der Waals surface area (Å²) in [4.78, 5) is 0.321. The summed E-state index contributed by atoms with van der Waals surface area (Å²) >= 11 is 0. The fourth-order valence-electron chi connectivity index (χ4n) is 1.81. The largest absolute Gasteiger partial charge is 0.326 e. The van der Waals surface area contributed by atoms with E-state index < -0.39 is 10.0 Å². The molecule has 4 nitrogen and oxygen atoms in total. The summed E-state index contributed by atoms with van der Waals surface area (Å²) in [7, 11) is -3.39. The molecule has 3 N–H and O–H groups in total. The van der Waals surface area contributed by atoms with Crippen LogP contribution in [0.2, 0.25) is 0 Å². The van der Waals surface area contributed by atoms with Gasteiger partial charge in [-0.1, -0.05) is 13.0 Å². The molecule has 18 heavy (non-hydrogen) atoms. The molecular weight excluding hydrogens is 248 g/mol. The Morgan fingerprint density at radius 2 is 2.06 bits per heavy atom. The van der Waals surface area contributed by atoms with Crippen LogP contribution in [0.4, 0.5) is 0 Å². The van der Waals surface area contributed by atoms with Crippen molar-refractivity contribution in [3.63, 3.8) is 0 Å². The summed E-state index contributed by atoms with van der Waals surface area (Å²) in [6.07, 6.45) is 2.20. The number of sulfonamides is 1. The van der Waals surface area contributed by atoms with Crippen molar-refractivity contribution in [3.8, 4) is 0 Å². The second kappa shape index (κ2) is 4.64. The zero-order chi connectivity index (χ0) is 13.4. The van der Waals surface area contributed by atoms with E-state index in [4.69, 9.17) is 5.73 Å². The van der Waals surface area contributed by atoms with Crippen molar-refractivity contribution in [3.05, 3.63) is 29.3 Å². The molecular formula is C13H20N2O2S. The minimum absolute atomic E-state index is 0.166. The molecule has 2 rings (SSSR count). The number of benzene rings is 1. The van der Waals surface area contributed by atoms with Gasteiger partial charge in [-0.15, -0.1) is 0 Å². The lowest BCUT2D eigenvalue weighted by Gasteiger charge is -2.12. The van der Waals surface area contributed by atoms with E-state index in [0.717, 1.165) is 24.0 Å². The molecule has 0 unspecified atom stereocenters. The molecule has 1 aromatic carbocycles. The SMILES string of the molecule is Cc1cc(S(=O)(=O)NCC2(C)CC2)ccc1CN. The fourth-order valence-corrected chi connectivity index (χ4v) is 3.09. The van der Waals surface area contributed by atoms with Gasteiger partial charge in [0.05, 0.1) is 4.90 Å². The van der Waals surface area contributed by atoms with Gasteiger partial charge in [-0.3, -0.25) is 0 Å². The van der Waals surface area contributed by atoms with Gasteiger partial charge in [-0.2, -0.15) is 0 Å². The zero-order valence-corrected chi connectivity index (χ0v) is 11.7. The normalized spacial score (nSPS) is 17.7. The van der Waals surface area contributed by atoms with Crippen LogP contribution in [0.15, 0.2) is 23.1 Å². The van der Waals surface area contributed by atoms with Gasteiger partial charge in [0.15, 0.2) is 0 Å². The van der Waals surface area contributed by atoms with Gasteiger partial charge >= 0.3 is 0 Å². The van der Waals surface area contributed by atoms with Crippen molar-refractivity contribution >= 4 is 10.0 Å². The molecule has 0 aliphatic heterocycles. The van der Waals surface area contributed by atoms with Crippen LogP contribution in [0.5, 0.6) is 0 Å². The highest BCUT2D eigenvalue weighted by molar-refractivity contribution is 7.89. The number of nitrogens with two attached hydrogens (primary N) is 1. The quantitative estimate of drug-likeness (QED) is 0.850. The van der Waals surface area contributed by atoms with Crippen molar-refractivity contribution in [2.75, 3.05) is 6.54 Å². The molecule has 0 heterocycles. The third-order valence-corrected chi connectivity index (χ3v) is 5.04. The second-order valence-electron chi connectivity index (χ2n) is 5.43. The summed E-state index contributed by atoms with van der Waals surface area (Å²) in [5.41, 5.74) is 7.62. The number of nitrogens with one attached hydrogen (secondary N) is 1. The van der Waals surface area contributed by atoms with Crippen LogP contribution in [-0.4, -0.2) is 15.0 Å². The maximum absolute atomic E-state index is 12.1. The van der Waals surface area contributed by atoms with Crippen molar-refractivity contribution in [2.24, 2.45) is 11.1 Å². The molecule has 0 bridgehead atoms.